The number of hydrogen-bond acceptors (Lipinski definition) is 6. The summed E-state index contributed by atoms with van der Waals surface area (Å²) >= 11 is 0. The number of aryl methyl sites for hydroxylation is 2. The summed E-state index contributed by atoms with van der Waals surface area (Å²) in [6, 6.07) is 14.4. The summed E-state index contributed by atoms with van der Waals surface area (Å²) in [5.74, 6) is 2.75. The minimum atomic E-state index is 0.0349. The van der Waals surface area contributed by atoms with E-state index >= 15 is 0 Å². The molecule has 1 N–H and O–H groups in total. The monoisotopic (exact) mass is 414 g/mol. The van der Waals surface area contributed by atoms with Crippen LogP contribution in [0, 0.1) is 13.8 Å². The van der Waals surface area contributed by atoms with Gasteiger partial charge in [-0.1, -0.05) is 18.2 Å². The first-order valence-corrected chi connectivity index (χ1v) is 10.2. The molecule has 0 saturated carbocycles. The zero-order chi connectivity index (χ0) is 22.0. The number of nitrogens with zero attached hydrogens (tertiary/aromatic N) is 3. The lowest BCUT2D eigenvalue weighted by Crippen LogP contribution is -2.10. The van der Waals surface area contributed by atoms with E-state index < -0.39 is 0 Å². The maximum atomic E-state index is 5.48. The lowest BCUT2D eigenvalue weighted by molar-refractivity contribution is 0.356. The molecule has 0 unspecified atom stereocenters. The molecule has 4 aromatic rings. The molecule has 0 spiro atoms. The van der Waals surface area contributed by atoms with Gasteiger partial charge in [0.1, 0.15) is 11.6 Å². The van der Waals surface area contributed by atoms with Crippen LogP contribution in [0.1, 0.15) is 29.9 Å². The standard InChI is InChI=1S/C25H26N4O2/c1-15-14-26-10-9-20(15)19-8-6-7-18(11-19)16(2)27-25-21-12-23(30-4)24(31-5)13-22(21)28-17(3)29-25/h6-14,16H,1-5H3,(H,27,28,29)/t16-/m1/s1. The fourth-order valence-corrected chi connectivity index (χ4v) is 3.74. The Morgan fingerprint density at radius 1 is 0.935 bits per heavy atom. The summed E-state index contributed by atoms with van der Waals surface area (Å²) in [6.45, 7) is 6.09. The van der Waals surface area contributed by atoms with E-state index in [4.69, 9.17) is 9.47 Å². The molecule has 6 nitrogen and oxygen atoms in total. The van der Waals surface area contributed by atoms with E-state index in [1.54, 1.807) is 14.2 Å². The van der Waals surface area contributed by atoms with Crippen LogP contribution < -0.4 is 14.8 Å². The van der Waals surface area contributed by atoms with Crippen molar-refractivity contribution in [2.24, 2.45) is 0 Å². The molecule has 2 heterocycles. The number of aromatic nitrogens is 3. The fourth-order valence-electron chi connectivity index (χ4n) is 3.74. The van der Waals surface area contributed by atoms with Crippen LogP contribution in [0.15, 0.2) is 54.9 Å². The van der Waals surface area contributed by atoms with Gasteiger partial charge in [-0.05, 0) is 61.2 Å². The van der Waals surface area contributed by atoms with E-state index in [1.165, 1.54) is 16.7 Å². The molecule has 2 aromatic heterocycles. The summed E-state index contributed by atoms with van der Waals surface area (Å²) < 4.78 is 10.9. The minimum Gasteiger partial charge on any atom is -0.493 e. The number of hydrogen-bond donors (Lipinski definition) is 1. The average molecular weight is 415 g/mol. The first-order valence-electron chi connectivity index (χ1n) is 10.2. The van der Waals surface area contributed by atoms with Crippen molar-refractivity contribution in [1.29, 1.82) is 0 Å². The van der Waals surface area contributed by atoms with Crippen LogP contribution in [0.5, 0.6) is 11.5 Å². The van der Waals surface area contributed by atoms with Gasteiger partial charge in [-0.25, -0.2) is 9.97 Å². The molecule has 0 saturated heterocycles. The van der Waals surface area contributed by atoms with Gasteiger partial charge in [0.15, 0.2) is 11.5 Å². The van der Waals surface area contributed by atoms with Crippen molar-refractivity contribution in [2.75, 3.05) is 19.5 Å². The fraction of sp³-hybridized carbons (Fsp3) is 0.240. The number of methoxy groups -OCH3 is 2. The van der Waals surface area contributed by atoms with E-state index in [1.807, 2.05) is 37.5 Å². The molecule has 0 aliphatic rings. The third-order valence-corrected chi connectivity index (χ3v) is 5.38. The summed E-state index contributed by atoms with van der Waals surface area (Å²) in [6.07, 6.45) is 3.72. The zero-order valence-electron chi connectivity index (χ0n) is 18.4. The van der Waals surface area contributed by atoms with Crippen LogP contribution >= 0.6 is 0 Å². The summed E-state index contributed by atoms with van der Waals surface area (Å²) in [5.41, 5.74) is 5.48. The summed E-state index contributed by atoms with van der Waals surface area (Å²) in [7, 11) is 3.25. The van der Waals surface area contributed by atoms with E-state index in [-0.39, 0.29) is 6.04 Å². The molecule has 0 aliphatic carbocycles. The van der Waals surface area contributed by atoms with E-state index in [0.29, 0.717) is 17.3 Å². The number of rotatable bonds is 6. The van der Waals surface area contributed by atoms with E-state index in [0.717, 1.165) is 22.3 Å². The third kappa shape index (κ3) is 4.14. The second-order valence-corrected chi connectivity index (χ2v) is 7.53. The first-order chi connectivity index (χ1) is 15.0. The van der Waals surface area contributed by atoms with E-state index in [2.05, 4.69) is 58.4 Å². The molecular formula is C25H26N4O2. The largest absolute Gasteiger partial charge is 0.493 e. The van der Waals surface area contributed by atoms with Gasteiger partial charge in [-0.3, -0.25) is 4.98 Å². The highest BCUT2D eigenvalue weighted by atomic mass is 16.5. The summed E-state index contributed by atoms with van der Waals surface area (Å²) in [4.78, 5) is 13.4. The van der Waals surface area contributed by atoms with Gasteiger partial charge in [0.05, 0.1) is 19.7 Å². The molecule has 6 heteroatoms. The number of ether oxygens (including phenoxy) is 2. The van der Waals surface area contributed by atoms with Gasteiger partial charge in [0.2, 0.25) is 0 Å². The third-order valence-electron chi connectivity index (χ3n) is 5.38. The molecule has 1 atom stereocenters. The Balaban J connectivity index is 1.71. The number of nitrogens with one attached hydrogen (secondary N) is 1. The molecule has 0 amide bonds. The van der Waals surface area contributed by atoms with Gasteiger partial charge < -0.3 is 14.8 Å². The Hall–Kier alpha value is -3.67. The van der Waals surface area contributed by atoms with Crippen molar-refractivity contribution in [2.45, 2.75) is 26.8 Å². The number of pyridine rings is 1. The summed E-state index contributed by atoms with van der Waals surface area (Å²) in [5, 5.41) is 4.45. The van der Waals surface area contributed by atoms with Crippen LogP contribution in [0.2, 0.25) is 0 Å². The number of anilines is 1. The van der Waals surface area contributed by atoms with Gasteiger partial charge in [-0.2, -0.15) is 0 Å². The molecule has 2 aromatic carbocycles. The molecule has 158 valence electrons. The van der Waals surface area contributed by atoms with Gasteiger partial charge in [0.25, 0.3) is 0 Å². The first kappa shape index (κ1) is 20.6. The van der Waals surface area contributed by atoms with Crippen molar-refractivity contribution in [3.63, 3.8) is 0 Å². The van der Waals surface area contributed by atoms with Crippen LogP contribution in [0.3, 0.4) is 0 Å². The van der Waals surface area contributed by atoms with Gasteiger partial charge in [-0.15, -0.1) is 0 Å². The topological polar surface area (TPSA) is 69.2 Å². The lowest BCUT2D eigenvalue weighted by atomic mass is 9.98. The molecule has 0 aliphatic heterocycles. The second-order valence-electron chi connectivity index (χ2n) is 7.53. The Morgan fingerprint density at radius 3 is 2.45 bits per heavy atom. The number of fused-ring (bicyclic) bond motifs is 1. The molecular weight excluding hydrogens is 388 g/mol. The molecule has 4 rings (SSSR count). The SMILES string of the molecule is COc1cc2nc(C)nc(N[C@H](C)c3cccc(-c4ccncc4C)c3)c2cc1OC. The van der Waals surface area contributed by atoms with Crippen molar-refractivity contribution >= 4 is 16.7 Å². The van der Waals surface area contributed by atoms with Gasteiger partial charge in [0, 0.05) is 29.9 Å². The molecule has 0 bridgehead atoms. The normalized spacial score (nSPS) is 11.9. The van der Waals surface area contributed by atoms with Crippen LogP contribution in [-0.2, 0) is 0 Å². The maximum Gasteiger partial charge on any atom is 0.162 e. The van der Waals surface area contributed by atoms with Crippen LogP contribution in [-0.4, -0.2) is 29.2 Å². The predicted octanol–water partition coefficient (Wildman–Crippen LogP) is 5.50. The lowest BCUT2D eigenvalue weighted by Gasteiger charge is -2.19. The van der Waals surface area contributed by atoms with Crippen molar-refractivity contribution in [3.8, 4) is 22.6 Å². The molecule has 31 heavy (non-hydrogen) atoms. The Labute approximate surface area is 182 Å². The van der Waals surface area contributed by atoms with Crippen LogP contribution in [0.25, 0.3) is 22.0 Å². The Morgan fingerprint density at radius 2 is 1.71 bits per heavy atom. The Kier molecular flexibility index (Phi) is 5.71. The van der Waals surface area contributed by atoms with E-state index in [9.17, 15) is 0 Å². The predicted molar refractivity (Wildman–Crippen MR) is 124 cm³/mol. The molecule has 0 radical (unpaired) electrons. The maximum absolute atomic E-state index is 5.48. The smallest absolute Gasteiger partial charge is 0.162 e. The van der Waals surface area contributed by atoms with Crippen molar-refractivity contribution in [3.05, 3.63) is 71.8 Å². The van der Waals surface area contributed by atoms with Crippen molar-refractivity contribution < 1.29 is 9.47 Å². The van der Waals surface area contributed by atoms with Gasteiger partial charge >= 0.3 is 0 Å². The number of benzene rings is 2. The second kappa shape index (κ2) is 8.60. The quantitative estimate of drug-likeness (QED) is 0.449. The van der Waals surface area contributed by atoms with Crippen molar-refractivity contribution in [1.82, 2.24) is 15.0 Å². The highest BCUT2D eigenvalue weighted by molar-refractivity contribution is 5.92. The highest BCUT2D eigenvalue weighted by Crippen LogP contribution is 2.35. The highest BCUT2D eigenvalue weighted by Gasteiger charge is 2.15. The average Bonchev–Trinajstić information content (AvgIpc) is 2.78. The minimum absolute atomic E-state index is 0.0349. The molecule has 0 fully saturated rings. The zero-order valence-corrected chi connectivity index (χ0v) is 18.4. The Bertz CT molecular complexity index is 1240. The van der Waals surface area contributed by atoms with Crippen LogP contribution in [0.4, 0.5) is 5.82 Å².